The van der Waals surface area contributed by atoms with Crippen LogP contribution in [-0.2, 0) is 4.79 Å². The van der Waals surface area contributed by atoms with Gasteiger partial charge in [0.05, 0.1) is 18.8 Å². The molecule has 0 bridgehead atoms. The molecule has 0 spiro atoms. The van der Waals surface area contributed by atoms with Gasteiger partial charge >= 0.3 is 5.97 Å². The first-order chi connectivity index (χ1) is 11.3. The van der Waals surface area contributed by atoms with Crippen LogP contribution in [0.15, 0.2) is 18.2 Å². The van der Waals surface area contributed by atoms with Gasteiger partial charge in [-0.15, -0.1) is 0 Å². The van der Waals surface area contributed by atoms with Crippen molar-refractivity contribution in [2.45, 2.75) is 38.4 Å². The molecule has 0 radical (unpaired) electrons. The predicted molar refractivity (Wildman–Crippen MR) is 86.5 cm³/mol. The Hall–Kier alpha value is -2.28. The summed E-state index contributed by atoms with van der Waals surface area (Å²) in [7, 11) is 1.54. The third kappa shape index (κ3) is 3.79. The van der Waals surface area contributed by atoms with Crippen LogP contribution in [0, 0.1) is 0 Å². The van der Waals surface area contributed by atoms with Crippen molar-refractivity contribution in [1.82, 2.24) is 4.90 Å². The third-order valence-electron chi connectivity index (χ3n) is 4.06. The number of nitrogens with zero attached hydrogens (tertiary/aromatic N) is 1. The zero-order valence-corrected chi connectivity index (χ0v) is 14.1. The van der Waals surface area contributed by atoms with Crippen molar-refractivity contribution in [2.24, 2.45) is 0 Å². The fraction of sp³-hybridized carbons (Fsp3) is 0.529. The van der Waals surface area contributed by atoms with E-state index in [0.29, 0.717) is 17.1 Å². The van der Waals surface area contributed by atoms with Crippen LogP contribution < -0.4 is 9.47 Å². The number of carbonyl (C=O) groups is 2. The smallest absolute Gasteiger partial charge is 0.335 e. The number of hydrogen-bond donors (Lipinski definition) is 2. The minimum absolute atomic E-state index is 0.00456. The monoisotopic (exact) mass is 337 g/mol. The fourth-order valence-electron chi connectivity index (χ4n) is 2.62. The molecule has 1 aliphatic rings. The number of aliphatic hydroxyl groups is 1. The number of hydrogen-bond acceptors (Lipinski definition) is 5. The van der Waals surface area contributed by atoms with Gasteiger partial charge in [-0.3, -0.25) is 4.79 Å². The molecule has 0 aliphatic carbocycles. The Labute approximate surface area is 140 Å². The minimum Gasteiger partial charge on any atom is -0.497 e. The average Bonchev–Trinajstić information content (AvgIpc) is 2.54. The number of likely N-dealkylation sites (tertiary alicyclic amines) is 1. The summed E-state index contributed by atoms with van der Waals surface area (Å²) in [5.41, 5.74) is -1.36. The Morgan fingerprint density at radius 3 is 2.38 bits per heavy atom. The number of rotatable bonds is 5. The van der Waals surface area contributed by atoms with Crippen molar-refractivity contribution < 1.29 is 29.3 Å². The van der Waals surface area contributed by atoms with Gasteiger partial charge in [0.15, 0.2) is 5.60 Å². The molecule has 1 saturated heterocycles. The van der Waals surface area contributed by atoms with Gasteiger partial charge in [-0.05, 0) is 26.0 Å². The van der Waals surface area contributed by atoms with E-state index >= 15 is 0 Å². The van der Waals surface area contributed by atoms with Crippen molar-refractivity contribution in [1.29, 1.82) is 0 Å². The quantitative estimate of drug-likeness (QED) is 0.846. The molecule has 0 unspecified atom stereocenters. The summed E-state index contributed by atoms with van der Waals surface area (Å²) in [4.78, 5) is 25.4. The zero-order valence-electron chi connectivity index (χ0n) is 14.1. The van der Waals surface area contributed by atoms with E-state index in [4.69, 9.17) is 14.6 Å². The molecule has 1 amide bonds. The summed E-state index contributed by atoms with van der Waals surface area (Å²) in [6.45, 7) is 4.08. The lowest BCUT2D eigenvalue weighted by atomic mass is 9.91. The summed E-state index contributed by atoms with van der Waals surface area (Å²) >= 11 is 0. The van der Waals surface area contributed by atoms with E-state index in [0.717, 1.165) is 0 Å². The van der Waals surface area contributed by atoms with Crippen LogP contribution in [0.2, 0.25) is 0 Å². The van der Waals surface area contributed by atoms with Crippen LogP contribution in [0.1, 0.15) is 37.0 Å². The molecule has 2 rings (SSSR count). The normalized spacial score (nSPS) is 16.8. The van der Waals surface area contributed by atoms with Crippen molar-refractivity contribution in [3.05, 3.63) is 23.8 Å². The Morgan fingerprint density at radius 2 is 1.88 bits per heavy atom. The van der Waals surface area contributed by atoms with Crippen molar-refractivity contribution in [3.63, 3.8) is 0 Å². The Morgan fingerprint density at radius 1 is 1.25 bits per heavy atom. The summed E-state index contributed by atoms with van der Waals surface area (Å²) < 4.78 is 10.9. The van der Waals surface area contributed by atoms with Gasteiger partial charge < -0.3 is 24.6 Å². The van der Waals surface area contributed by atoms with Gasteiger partial charge in [-0.1, -0.05) is 0 Å². The molecular weight excluding hydrogens is 314 g/mol. The average molecular weight is 337 g/mol. The van der Waals surface area contributed by atoms with Crippen LogP contribution in [0.5, 0.6) is 11.5 Å². The maximum Gasteiger partial charge on any atom is 0.335 e. The van der Waals surface area contributed by atoms with Gasteiger partial charge in [0, 0.05) is 32.0 Å². The maximum absolute atomic E-state index is 12.8. The number of methoxy groups -OCH3 is 1. The topological polar surface area (TPSA) is 96.3 Å². The molecule has 0 atom stereocenters. The molecule has 1 aromatic carbocycles. The number of ether oxygens (including phenoxy) is 2. The highest BCUT2D eigenvalue weighted by molar-refractivity contribution is 5.97. The third-order valence-corrected chi connectivity index (χ3v) is 4.06. The number of aliphatic carboxylic acids is 1. The summed E-state index contributed by atoms with van der Waals surface area (Å²) in [5, 5.41) is 19.0. The van der Waals surface area contributed by atoms with Gasteiger partial charge in [0.25, 0.3) is 5.91 Å². The highest BCUT2D eigenvalue weighted by Crippen LogP contribution is 2.29. The standard InChI is InChI=1S/C17H23NO6/c1-11(2)24-14-10-12(23-3)4-5-13(14)15(19)18-8-6-17(22,7-9-18)16(20)21/h4-5,10-11,22H,6-9H2,1-3H3,(H,20,21). The number of amides is 1. The molecule has 1 aliphatic heterocycles. The van der Waals surface area contributed by atoms with E-state index in [1.165, 1.54) is 12.0 Å². The Balaban J connectivity index is 2.19. The van der Waals surface area contributed by atoms with Crippen LogP contribution in [0.3, 0.4) is 0 Å². The number of piperidine rings is 1. The lowest BCUT2D eigenvalue weighted by molar-refractivity contribution is -0.162. The lowest BCUT2D eigenvalue weighted by Crippen LogP contribution is -2.50. The number of benzene rings is 1. The first-order valence-corrected chi connectivity index (χ1v) is 7.86. The van der Waals surface area contributed by atoms with E-state index in [1.54, 1.807) is 18.2 Å². The highest BCUT2D eigenvalue weighted by atomic mass is 16.5. The predicted octanol–water partition coefficient (Wildman–Crippen LogP) is 1.53. The molecule has 132 valence electrons. The zero-order chi connectivity index (χ0) is 17.9. The van der Waals surface area contributed by atoms with Crippen LogP contribution in [-0.4, -0.2) is 58.9 Å². The van der Waals surface area contributed by atoms with E-state index in [9.17, 15) is 14.7 Å². The molecule has 7 nitrogen and oxygen atoms in total. The number of carboxylic acid groups (broad SMARTS) is 1. The fourth-order valence-corrected chi connectivity index (χ4v) is 2.62. The van der Waals surface area contributed by atoms with E-state index < -0.39 is 11.6 Å². The molecule has 0 aromatic heterocycles. The second kappa shape index (κ2) is 7.09. The van der Waals surface area contributed by atoms with Gasteiger partial charge in [-0.25, -0.2) is 4.79 Å². The van der Waals surface area contributed by atoms with E-state index in [-0.39, 0.29) is 37.9 Å². The molecule has 1 fully saturated rings. The molecule has 1 aromatic rings. The Bertz CT molecular complexity index is 620. The second-order valence-electron chi connectivity index (χ2n) is 6.16. The van der Waals surface area contributed by atoms with Gasteiger partial charge in [0.2, 0.25) is 0 Å². The SMILES string of the molecule is COc1ccc(C(=O)N2CCC(O)(C(=O)O)CC2)c(OC(C)C)c1. The largest absolute Gasteiger partial charge is 0.497 e. The first kappa shape index (κ1) is 18.1. The molecular formula is C17H23NO6. The van der Waals surface area contributed by atoms with Crippen LogP contribution >= 0.6 is 0 Å². The second-order valence-corrected chi connectivity index (χ2v) is 6.16. The van der Waals surface area contributed by atoms with Crippen LogP contribution in [0.4, 0.5) is 0 Å². The van der Waals surface area contributed by atoms with Crippen LogP contribution in [0.25, 0.3) is 0 Å². The lowest BCUT2D eigenvalue weighted by Gasteiger charge is -2.35. The molecule has 0 saturated carbocycles. The van der Waals surface area contributed by atoms with Crippen molar-refractivity contribution in [2.75, 3.05) is 20.2 Å². The van der Waals surface area contributed by atoms with Gasteiger partial charge in [0.1, 0.15) is 11.5 Å². The first-order valence-electron chi connectivity index (χ1n) is 7.86. The maximum atomic E-state index is 12.8. The molecule has 7 heteroatoms. The molecule has 1 heterocycles. The minimum atomic E-state index is -1.76. The van der Waals surface area contributed by atoms with E-state index in [1.807, 2.05) is 13.8 Å². The van der Waals surface area contributed by atoms with Crippen molar-refractivity contribution >= 4 is 11.9 Å². The summed E-state index contributed by atoms with van der Waals surface area (Å²) in [6, 6.07) is 4.97. The Kier molecular flexibility index (Phi) is 5.33. The molecule has 24 heavy (non-hydrogen) atoms. The van der Waals surface area contributed by atoms with Crippen molar-refractivity contribution in [3.8, 4) is 11.5 Å². The number of carboxylic acids is 1. The highest BCUT2D eigenvalue weighted by Gasteiger charge is 2.40. The summed E-state index contributed by atoms with van der Waals surface area (Å²) in [5.74, 6) is -0.488. The van der Waals surface area contributed by atoms with E-state index in [2.05, 4.69) is 0 Å². The summed E-state index contributed by atoms with van der Waals surface area (Å²) in [6.07, 6.45) is -0.100. The molecule has 2 N–H and O–H groups in total. The number of carbonyl (C=O) groups excluding carboxylic acids is 1. The van der Waals surface area contributed by atoms with Gasteiger partial charge in [-0.2, -0.15) is 0 Å².